The number of carboxylic acid groups (broad SMARTS) is 1. The van der Waals surface area contributed by atoms with E-state index in [1.165, 1.54) is 6.92 Å². The highest BCUT2D eigenvalue weighted by atomic mass is 16.5. The molecular weight excluding hydrogens is 396 g/mol. The van der Waals surface area contributed by atoms with Crippen molar-refractivity contribution < 1.29 is 24.2 Å². The second-order valence-corrected chi connectivity index (χ2v) is 7.79. The van der Waals surface area contributed by atoms with E-state index in [4.69, 9.17) is 9.84 Å². The van der Waals surface area contributed by atoms with E-state index in [1.807, 2.05) is 31.2 Å². The Labute approximate surface area is 181 Å². The van der Waals surface area contributed by atoms with E-state index in [0.717, 1.165) is 28.7 Å². The Morgan fingerprint density at radius 3 is 2.13 bits per heavy atom. The smallest absolute Gasteiger partial charge is 0.407 e. The van der Waals surface area contributed by atoms with Crippen LogP contribution in [0.15, 0.2) is 48.5 Å². The van der Waals surface area contributed by atoms with Gasteiger partial charge in [-0.3, -0.25) is 9.59 Å². The summed E-state index contributed by atoms with van der Waals surface area (Å²) in [5.74, 6) is -1.57. The summed E-state index contributed by atoms with van der Waals surface area (Å²) in [6.45, 7) is 3.54. The van der Waals surface area contributed by atoms with E-state index in [9.17, 15) is 14.4 Å². The Bertz CT molecular complexity index is 913. The number of alkyl carbamates (subject to hydrolysis) is 1. The van der Waals surface area contributed by atoms with Crippen LogP contribution in [0.25, 0.3) is 11.1 Å². The first-order chi connectivity index (χ1) is 14.9. The molecule has 7 nitrogen and oxygen atoms in total. The molecule has 7 heteroatoms. The zero-order valence-electron chi connectivity index (χ0n) is 17.8. The number of hydrogen-bond donors (Lipinski definition) is 3. The Balaban J connectivity index is 1.59. The van der Waals surface area contributed by atoms with Crippen molar-refractivity contribution in [1.82, 2.24) is 10.6 Å². The van der Waals surface area contributed by atoms with Crippen LogP contribution in [-0.4, -0.2) is 41.8 Å². The van der Waals surface area contributed by atoms with Gasteiger partial charge in [0.25, 0.3) is 0 Å². The van der Waals surface area contributed by atoms with Gasteiger partial charge in [0.1, 0.15) is 12.6 Å². The lowest BCUT2D eigenvalue weighted by molar-refractivity contribution is -0.141. The molecule has 3 N–H and O–H groups in total. The number of amides is 2. The predicted molar refractivity (Wildman–Crippen MR) is 117 cm³/mol. The van der Waals surface area contributed by atoms with Gasteiger partial charge in [-0.2, -0.15) is 0 Å². The second-order valence-electron chi connectivity index (χ2n) is 7.79. The zero-order chi connectivity index (χ0) is 22.4. The third-order valence-corrected chi connectivity index (χ3v) is 5.48. The van der Waals surface area contributed by atoms with E-state index in [1.54, 1.807) is 0 Å². The number of aliphatic carboxylic acids is 1. The second kappa shape index (κ2) is 10.1. The quantitative estimate of drug-likeness (QED) is 0.570. The summed E-state index contributed by atoms with van der Waals surface area (Å²) >= 11 is 0. The summed E-state index contributed by atoms with van der Waals surface area (Å²) < 4.78 is 5.54. The molecule has 2 atom stereocenters. The Hall–Kier alpha value is -3.35. The fourth-order valence-corrected chi connectivity index (χ4v) is 3.97. The molecule has 1 aliphatic carbocycles. The maximum absolute atomic E-state index is 12.5. The number of ether oxygens (including phenoxy) is 1. The van der Waals surface area contributed by atoms with E-state index in [2.05, 4.69) is 34.9 Å². The molecule has 2 amide bonds. The van der Waals surface area contributed by atoms with Crippen LogP contribution < -0.4 is 10.6 Å². The first kappa shape index (κ1) is 22.3. The van der Waals surface area contributed by atoms with Crippen molar-refractivity contribution in [2.75, 3.05) is 6.61 Å². The van der Waals surface area contributed by atoms with Gasteiger partial charge in [-0.25, -0.2) is 4.79 Å². The molecule has 2 aromatic rings. The normalized spacial score (nSPS) is 14.1. The maximum atomic E-state index is 12.5. The lowest BCUT2D eigenvalue weighted by atomic mass is 9.98. The van der Waals surface area contributed by atoms with E-state index >= 15 is 0 Å². The SMILES string of the molecule is CCCC(CC(=O)N[C@H](C)C(=O)O)NC(=O)OCC1c2ccccc2-c2ccccc21. The van der Waals surface area contributed by atoms with Crippen molar-refractivity contribution in [2.45, 2.75) is 51.1 Å². The summed E-state index contributed by atoms with van der Waals surface area (Å²) in [6.07, 6.45) is 0.754. The van der Waals surface area contributed by atoms with Crippen LogP contribution in [0, 0.1) is 0 Å². The zero-order valence-corrected chi connectivity index (χ0v) is 17.8. The number of rotatable bonds is 9. The van der Waals surface area contributed by atoms with E-state index in [-0.39, 0.29) is 18.9 Å². The molecular formula is C24H28N2O5. The molecule has 164 valence electrons. The Morgan fingerprint density at radius 2 is 1.58 bits per heavy atom. The van der Waals surface area contributed by atoms with Gasteiger partial charge in [-0.15, -0.1) is 0 Å². The van der Waals surface area contributed by atoms with Crippen LogP contribution in [-0.2, 0) is 14.3 Å². The molecule has 0 bridgehead atoms. The predicted octanol–water partition coefficient (Wildman–Crippen LogP) is 3.67. The van der Waals surface area contributed by atoms with Crippen molar-refractivity contribution in [3.63, 3.8) is 0 Å². The summed E-state index contributed by atoms with van der Waals surface area (Å²) in [4.78, 5) is 35.5. The van der Waals surface area contributed by atoms with Gasteiger partial charge < -0.3 is 20.5 Å². The minimum atomic E-state index is -1.11. The molecule has 31 heavy (non-hydrogen) atoms. The van der Waals surface area contributed by atoms with Crippen LogP contribution in [0.3, 0.4) is 0 Å². The average molecular weight is 424 g/mol. The molecule has 0 saturated heterocycles. The number of carbonyl (C=O) groups excluding carboxylic acids is 2. The van der Waals surface area contributed by atoms with Gasteiger partial charge >= 0.3 is 12.1 Å². The van der Waals surface area contributed by atoms with Gasteiger partial charge in [0.15, 0.2) is 0 Å². The summed E-state index contributed by atoms with van der Waals surface area (Å²) in [5.41, 5.74) is 4.56. The highest BCUT2D eigenvalue weighted by molar-refractivity contribution is 5.84. The van der Waals surface area contributed by atoms with Gasteiger partial charge in [-0.05, 0) is 35.6 Å². The molecule has 0 spiro atoms. The summed E-state index contributed by atoms with van der Waals surface area (Å²) in [7, 11) is 0. The largest absolute Gasteiger partial charge is 0.480 e. The van der Waals surface area contributed by atoms with Crippen LogP contribution in [0.1, 0.15) is 50.2 Å². The number of carboxylic acids is 1. The van der Waals surface area contributed by atoms with Gasteiger partial charge in [0, 0.05) is 18.4 Å². The van der Waals surface area contributed by atoms with E-state index in [0.29, 0.717) is 6.42 Å². The Kier molecular flexibility index (Phi) is 7.28. The molecule has 0 fully saturated rings. The topological polar surface area (TPSA) is 105 Å². The van der Waals surface area contributed by atoms with Crippen molar-refractivity contribution in [3.8, 4) is 11.1 Å². The van der Waals surface area contributed by atoms with Crippen LogP contribution in [0.4, 0.5) is 4.79 Å². The van der Waals surface area contributed by atoms with E-state index < -0.39 is 30.1 Å². The first-order valence-electron chi connectivity index (χ1n) is 10.5. The van der Waals surface area contributed by atoms with Gasteiger partial charge in [0.05, 0.1) is 0 Å². The van der Waals surface area contributed by atoms with Crippen LogP contribution in [0.2, 0.25) is 0 Å². The van der Waals surface area contributed by atoms with Gasteiger partial charge in [0.2, 0.25) is 5.91 Å². The lowest BCUT2D eigenvalue weighted by Gasteiger charge is -2.20. The minimum Gasteiger partial charge on any atom is -0.480 e. The monoisotopic (exact) mass is 424 g/mol. The lowest BCUT2D eigenvalue weighted by Crippen LogP contribution is -2.43. The molecule has 0 heterocycles. The minimum absolute atomic E-state index is 0.00431. The molecule has 1 unspecified atom stereocenters. The first-order valence-corrected chi connectivity index (χ1v) is 10.5. The number of hydrogen-bond acceptors (Lipinski definition) is 4. The third kappa shape index (κ3) is 5.42. The van der Waals surface area contributed by atoms with Crippen molar-refractivity contribution in [2.24, 2.45) is 0 Å². The molecule has 3 rings (SSSR count). The van der Waals surface area contributed by atoms with Gasteiger partial charge in [-0.1, -0.05) is 61.9 Å². The highest BCUT2D eigenvalue weighted by Gasteiger charge is 2.29. The molecule has 0 aromatic heterocycles. The molecule has 2 aromatic carbocycles. The number of fused-ring (bicyclic) bond motifs is 3. The standard InChI is InChI=1S/C24H28N2O5/c1-3-8-16(13-22(27)25-15(2)23(28)29)26-24(30)31-14-21-19-11-6-4-9-17(19)18-10-5-7-12-20(18)21/h4-7,9-12,15-16,21H,3,8,13-14H2,1-2H3,(H,25,27)(H,26,30)(H,28,29)/t15-,16?/m1/s1. The van der Waals surface area contributed by atoms with Crippen LogP contribution >= 0.6 is 0 Å². The highest BCUT2D eigenvalue weighted by Crippen LogP contribution is 2.44. The number of carbonyl (C=O) groups is 3. The molecule has 0 saturated carbocycles. The van der Waals surface area contributed by atoms with Crippen LogP contribution in [0.5, 0.6) is 0 Å². The molecule has 1 aliphatic rings. The van der Waals surface area contributed by atoms with Crippen molar-refractivity contribution in [3.05, 3.63) is 59.7 Å². The summed E-state index contributed by atoms with van der Waals surface area (Å²) in [5, 5.41) is 14.1. The molecule has 0 aliphatic heterocycles. The van der Waals surface area contributed by atoms with Crippen molar-refractivity contribution >= 4 is 18.0 Å². The molecule has 0 radical (unpaired) electrons. The fraction of sp³-hybridized carbons (Fsp3) is 0.375. The average Bonchev–Trinajstić information content (AvgIpc) is 3.06. The number of nitrogens with one attached hydrogen (secondary N) is 2. The fourth-order valence-electron chi connectivity index (χ4n) is 3.97. The maximum Gasteiger partial charge on any atom is 0.407 e. The van der Waals surface area contributed by atoms with Crippen molar-refractivity contribution in [1.29, 1.82) is 0 Å². The number of benzene rings is 2. The third-order valence-electron chi connectivity index (χ3n) is 5.48. The summed E-state index contributed by atoms with van der Waals surface area (Å²) in [6, 6.07) is 14.8. The Morgan fingerprint density at radius 1 is 1.00 bits per heavy atom.